The van der Waals surface area contributed by atoms with Crippen LogP contribution in [-0.2, 0) is 0 Å². The predicted octanol–water partition coefficient (Wildman–Crippen LogP) is -1.25. The normalized spacial score (nSPS) is 31.5. The van der Waals surface area contributed by atoms with Gasteiger partial charge >= 0.3 is 5.82 Å². The highest BCUT2D eigenvalue weighted by Crippen LogP contribution is 2.23. The van der Waals surface area contributed by atoms with Gasteiger partial charge in [0, 0.05) is 6.07 Å². The number of nitrogens with zero attached hydrogens (tertiary/aromatic N) is 2. The highest BCUT2D eigenvalue weighted by atomic mass is 16.5. The van der Waals surface area contributed by atoms with E-state index < -0.39 is 0 Å². The molecular weight excluding hydrogens is 194 g/mol. The van der Waals surface area contributed by atoms with Crippen molar-refractivity contribution in [3.8, 4) is 0 Å². The fraction of sp³-hybridized carbons (Fsp3) is 0.556. The van der Waals surface area contributed by atoms with Crippen LogP contribution in [0.1, 0.15) is 24.6 Å². The Morgan fingerprint density at radius 1 is 1.40 bits per heavy atom. The van der Waals surface area contributed by atoms with E-state index in [4.69, 9.17) is 11.5 Å². The highest BCUT2D eigenvalue weighted by molar-refractivity contribution is 4.96. The number of aromatic nitrogens is 2. The molecule has 2 atom stereocenters. The first-order valence-corrected chi connectivity index (χ1v) is 4.98. The van der Waals surface area contributed by atoms with E-state index in [0.29, 0.717) is 18.7 Å². The standard InChI is InChI=1S/C9H15N5O/c10-7-4-6(5-8(11)13-7)9-12-2-1-3-14(9)15/h1-3,6-8,13H,4-5,10-11H2. The van der Waals surface area contributed by atoms with Gasteiger partial charge in [-0.1, -0.05) is 4.98 Å². The third-order valence-corrected chi connectivity index (χ3v) is 2.61. The maximum atomic E-state index is 11.5. The average Bonchev–Trinajstić information content (AvgIpc) is 2.16. The van der Waals surface area contributed by atoms with Crippen LogP contribution in [0.3, 0.4) is 0 Å². The zero-order valence-corrected chi connectivity index (χ0v) is 8.34. The van der Waals surface area contributed by atoms with Crippen molar-refractivity contribution in [3.63, 3.8) is 0 Å². The highest BCUT2D eigenvalue weighted by Gasteiger charge is 2.31. The molecule has 1 saturated heterocycles. The van der Waals surface area contributed by atoms with Crippen molar-refractivity contribution in [1.82, 2.24) is 10.3 Å². The number of hydrogen-bond donors (Lipinski definition) is 3. The van der Waals surface area contributed by atoms with Crippen molar-refractivity contribution in [2.75, 3.05) is 0 Å². The lowest BCUT2D eigenvalue weighted by atomic mass is 9.93. The van der Waals surface area contributed by atoms with Crippen molar-refractivity contribution in [2.24, 2.45) is 11.5 Å². The Morgan fingerprint density at radius 3 is 2.67 bits per heavy atom. The molecule has 0 bridgehead atoms. The van der Waals surface area contributed by atoms with Gasteiger partial charge in [0.25, 0.3) is 0 Å². The Morgan fingerprint density at radius 2 is 2.07 bits per heavy atom. The molecule has 0 saturated carbocycles. The van der Waals surface area contributed by atoms with Gasteiger partial charge in [-0.15, -0.1) is 0 Å². The molecule has 1 aliphatic heterocycles. The van der Waals surface area contributed by atoms with Crippen LogP contribution in [0.15, 0.2) is 18.5 Å². The Kier molecular flexibility index (Phi) is 2.81. The van der Waals surface area contributed by atoms with Crippen LogP contribution in [0.4, 0.5) is 0 Å². The molecule has 82 valence electrons. The van der Waals surface area contributed by atoms with Crippen LogP contribution in [-0.4, -0.2) is 17.3 Å². The van der Waals surface area contributed by atoms with E-state index >= 15 is 0 Å². The quantitative estimate of drug-likeness (QED) is 0.396. The molecule has 2 rings (SSSR count). The Labute approximate surface area is 87.9 Å². The van der Waals surface area contributed by atoms with Crippen molar-refractivity contribution in [2.45, 2.75) is 31.1 Å². The summed E-state index contributed by atoms with van der Waals surface area (Å²) < 4.78 is 0.787. The lowest BCUT2D eigenvalue weighted by molar-refractivity contribution is -0.619. The van der Waals surface area contributed by atoms with Crippen LogP contribution in [0, 0.1) is 5.21 Å². The Balaban J connectivity index is 2.20. The fourth-order valence-corrected chi connectivity index (χ4v) is 1.99. The molecule has 0 aliphatic carbocycles. The largest absolute Gasteiger partial charge is 0.711 e. The molecule has 5 N–H and O–H groups in total. The van der Waals surface area contributed by atoms with E-state index in [1.807, 2.05) is 0 Å². The lowest BCUT2D eigenvalue weighted by Gasteiger charge is -2.30. The van der Waals surface area contributed by atoms with E-state index in [0.717, 1.165) is 4.73 Å². The van der Waals surface area contributed by atoms with Crippen LogP contribution >= 0.6 is 0 Å². The number of nitrogens with one attached hydrogen (secondary N) is 1. The molecule has 1 fully saturated rings. The van der Waals surface area contributed by atoms with E-state index in [1.165, 1.54) is 6.20 Å². The molecule has 0 radical (unpaired) electrons. The SMILES string of the molecule is NC1CC(c2nccc[n+]2[O-])CC(N)N1. The molecule has 1 aliphatic rings. The topological polar surface area (TPSA) is 104 Å². The number of nitrogens with two attached hydrogens (primary N) is 2. The molecule has 0 spiro atoms. The van der Waals surface area contributed by atoms with Crippen LogP contribution in [0.25, 0.3) is 0 Å². The maximum absolute atomic E-state index is 11.5. The van der Waals surface area contributed by atoms with Gasteiger partial charge in [-0.3, -0.25) is 5.32 Å². The zero-order valence-electron chi connectivity index (χ0n) is 8.34. The molecule has 6 nitrogen and oxygen atoms in total. The summed E-state index contributed by atoms with van der Waals surface area (Å²) in [4.78, 5) is 4.08. The summed E-state index contributed by atoms with van der Waals surface area (Å²) in [6, 6.07) is 1.61. The molecule has 0 aromatic carbocycles. The fourth-order valence-electron chi connectivity index (χ4n) is 1.99. The summed E-state index contributed by atoms with van der Waals surface area (Å²) in [5, 5.41) is 14.5. The molecule has 6 heteroatoms. The third kappa shape index (κ3) is 2.23. The first-order chi connectivity index (χ1) is 7.16. The molecule has 1 aromatic rings. The van der Waals surface area contributed by atoms with Crippen LogP contribution in [0.5, 0.6) is 0 Å². The number of piperidine rings is 1. The van der Waals surface area contributed by atoms with Crippen LogP contribution < -0.4 is 21.5 Å². The van der Waals surface area contributed by atoms with Gasteiger partial charge in [-0.25, -0.2) is 4.73 Å². The summed E-state index contributed by atoms with van der Waals surface area (Å²) in [5.41, 5.74) is 11.5. The predicted molar refractivity (Wildman–Crippen MR) is 54.3 cm³/mol. The summed E-state index contributed by atoms with van der Waals surface area (Å²) in [7, 11) is 0. The second kappa shape index (κ2) is 4.09. The minimum atomic E-state index is -0.166. The molecular formula is C9H15N5O. The average molecular weight is 209 g/mol. The molecule has 15 heavy (non-hydrogen) atoms. The first-order valence-electron chi connectivity index (χ1n) is 4.98. The van der Waals surface area contributed by atoms with Crippen LogP contribution in [0.2, 0.25) is 0 Å². The van der Waals surface area contributed by atoms with Gasteiger partial charge in [-0.2, -0.15) is 0 Å². The zero-order chi connectivity index (χ0) is 10.8. The van der Waals surface area contributed by atoms with Crippen molar-refractivity contribution < 1.29 is 4.73 Å². The third-order valence-electron chi connectivity index (χ3n) is 2.61. The lowest BCUT2D eigenvalue weighted by Crippen LogP contribution is -2.54. The molecule has 1 aromatic heterocycles. The van der Waals surface area contributed by atoms with Gasteiger partial charge in [-0.05, 0) is 12.8 Å². The van der Waals surface area contributed by atoms with Gasteiger partial charge in [0.05, 0.1) is 24.4 Å². The maximum Gasteiger partial charge on any atom is 0.304 e. The Hall–Kier alpha value is -1.24. The molecule has 2 heterocycles. The second-order valence-electron chi connectivity index (χ2n) is 3.85. The van der Waals surface area contributed by atoms with E-state index in [2.05, 4.69) is 10.3 Å². The molecule has 2 unspecified atom stereocenters. The van der Waals surface area contributed by atoms with Crippen molar-refractivity contribution in [1.29, 1.82) is 0 Å². The van der Waals surface area contributed by atoms with Crippen molar-refractivity contribution >= 4 is 0 Å². The summed E-state index contributed by atoms with van der Waals surface area (Å²) in [6.07, 6.45) is 4.10. The first kappa shape index (κ1) is 10.3. The van der Waals surface area contributed by atoms with E-state index in [1.54, 1.807) is 12.3 Å². The Bertz CT molecular complexity index is 335. The monoisotopic (exact) mass is 209 g/mol. The summed E-state index contributed by atoms with van der Waals surface area (Å²) >= 11 is 0. The van der Waals surface area contributed by atoms with Crippen molar-refractivity contribution in [3.05, 3.63) is 29.5 Å². The summed E-state index contributed by atoms with van der Waals surface area (Å²) in [6.45, 7) is 0. The minimum absolute atomic E-state index is 0.0370. The summed E-state index contributed by atoms with van der Waals surface area (Å²) in [5.74, 6) is 0.542. The van der Waals surface area contributed by atoms with E-state index in [9.17, 15) is 5.21 Å². The molecule has 0 amide bonds. The number of hydrogen-bond acceptors (Lipinski definition) is 5. The second-order valence-corrected chi connectivity index (χ2v) is 3.85. The number of rotatable bonds is 1. The smallest absolute Gasteiger partial charge is 0.304 e. The van der Waals surface area contributed by atoms with Gasteiger partial charge in [0.2, 0.25) is 0 Å². The van der Waals surface area contributed by atoms with Gasteiger partial charge in [0.15, 0.2) is 0 Å². The minimum Gasteiger partial charge on any atom is -0.711 e. The van der Waals surface area contributed by atoms with Gasteiger partial charge < -0.3 is 16.7 Å². The van der Waals surface area contributed by atoms with E-state index in [-0.39, 0.29) is 18.2 Å². The van der Waals surface area contributed by atoms with Gasteiger partial charge in [0.1, 0.15) is 6.20 Å².